The normalized spacial score (nSPS) is 23.2. The number of β-amino-alcohol motifs (C(OH)–C–C–N with tert-alkyl or cyclic N) is 1. The molecule has 0 aromatic carbocycles. The fourth-order valence-corrected chi connectivity index (χ4v) is 3.22. The fourth-order valence-electron chi connectivity index (χ4n) is 3.22. The Balaban J connectivity index is -0.000000559. The molecule has 2 heterocycles. The zero-order valence-electron chi connectivity index (χ0n) is 22.2. The van der Waals surface area contributed by atoms with Crippen LogP contribution in [0.5, 0.6) is 0 Å². The van der Waals surface area contributed by atoms with Crippen molar-refractivity contribution >= 4 is 53.0 Å². The summed E-state index contributed by atoms with van der Waals surface area (Å²) in [6, 6.07) is -2.12. The molecule has 36 heavy (non-hydrogen) atoms. The number of nitrogens with zero attached hydrogens (tertiary/aromatic N) is 2. The standard InChI is InChI=1S/C11H19NO5.C10H15NO5.CH3.BrH.Mg/c1-10(2,3)17-9(15)12-6-11(4,16)5-7(12)8(13)14;1-10(2,3)16-9(15)11-5-6(12)4-7(11)8(13)14;;;/h7,16H,5-6H2,1-4H3,(H,13,14);7H,4-5H2,1-3H3,(H,13,14);1H3;1H;/q;;-1;;+2/p-1/t7-,11-;7-;;;/m00.../s1. The first-order chi connectivity index (χ1) is 14.7. The van der Waals surface area contributed by atoms with Gasteiger partial charge in [-0.05, 0) is 48.5 Å². The minimum Gasteiger partial charge on any atom is -1.00 e. The molecule has 14 heteroatoms. The summed E-state index contributed by atoms with van der Waals surface area (Å²) in [5, 5.41) is 27.7. The molecule has 0 bridgehead atoms. The molecule has 2 rings (SSSR count). The van der Waals surface area contributed by atoms with Crippen LogP contribution in [0.15, 0.2) is 0 Å². The monoisotopic (exact) mass is 592 g/mol. The second-order valence-corrected chi connectivity index (χ2v) is 10.4. The van der Waals surface area contributed by atoms with E-state index in [1.165, 1.54) is 6.92 Å². The zero-order chi connectivity index (χ0) is 25.9. The molecule has 3 N–H and O–H groups in total. The SMILES string of the molecule is CC(C)(C)OC(=O)N1CC(=O)C[C@H]1C(=O)O.CC(C)(C)OC(=O)N1C[C@@](C)(O)C[C@H]1C(=O)O.[Br-].[CH3-].[Mg+2]. The number of carbonyl (C=O) groups excluding carboxylic acids is 3. The van der Waals surface area contributed by atoms with E-state index in [0.29, 0.717) is 0 Å². The van der Waals surface area contributed by atoms with Crippen LogP contribution in [0.2, 0.25) is 0 Å². The van der Waals surface area contributed by atoms with E-state index in [4.69, 9.17) is 19.7 Å². The van der Waals surface area contributed by atoms with Gasteiger partial charge in [-0.3, -0.25) is 14.6 Å². The number of aliphatic hydroxyl groups is 1. The van der Waals surface area contributed by atoms with Gasteiger partial charge in [-0.2, -0.15) is 0 Å². The molecule has 2 aliphatic rings. The van der Waals surface area contributed by atoms with Crippen LogP contribution < -0.4 is 17.0 Å². The van der Waals surface area contributed by atoms with Crippen LogP contribution >= 0.6 is 0 Å². The van der Waals surface area contributed by atoms with Crippen molar-refractivity contribution < 1.29 is 65.7 Å². The number of amides is 2. The number of likely N-dealkylation sites (tertiary alicyclic amines) is 2. The molecule has 0 aromatic rings. The first-order valence-corrected chi connectivity index (χ1v) is 10.4. The van der Waals surface area contributed by atoms with Gasteiger partial charge in [0.15, 0.2) is 5.78 Å². The third-order valence-corrected chi connectivity index (χ3v) is 4.49. The largest absolute Gasteiger partial charge is 2.00 e. The number of carboxylic acid groups (broad SMARTS) is 2. The average molecular weight is 594 g/mol. The minimum atomic E-state index is -1.18. The van der Waals surface area contributed by atoms with E-state index < -0.39 is 53.0 Å². The minimum absolute atomic E-state index is 0. The maximum Gasteiger partial charge on any atom is 2.00 e. The van der Waals surface area contributed by atoms with Gasteiger partial charge in [0.1, 0.15) is 23.3 Å². The Hall–Kier alpha value is -1.64. The predicted octanol–water partition coefficient (Wildman–Crippen LogP) is -1.45. The number of rotatable bonds is 2. The van der Waals surface area contributed by atoms with E-state index in [2.05, 4.69) is 0 Å². The van der Waals surface area contributed by atoms with Gasteiger partial charge in [0, 0.05) is 12.8 Å². The smallest absolute Gasteiger partial charge is 1.00 e. The molecule has 0 unspecified atom stereocenters. The van der Waals surface area contributed by atoms with Gasteiger partial charge in [0.2, 0.25) is 0 Å². The number of Topliss-reactive ketones (excluding diaryl/α,β-unsaturated/α-hetero) is 1. The van der Waals surface area contributed by atoms with Crippen LogP contribution in [0.3, 0.4) is 0 Å². The number of hydrogen-bond acceptors (Lipinski definition) is 8. The molecule has 0 aliphatic carbocycles. The molecule has 204 valence electrons. The molecular weight excluding hydrogens is 556 g/mol. The molecule has 2 saturated heterocycles. The van der Waals surface area contributed by atoms with Crippen molar-refractivity contribution in [2.75, 3.05) is 13.1 Å². The van der Waals surface area contributed by atoms with Gasteiger partial charge in [0.05, 0.1) is 18.7 Å². The second kappa shape index (κ2) is 14.3. The summed E-state index contributed by atoms with van der Waals surface area (Å²) in [6.07, 6.45) is -1.59. The van der Waals surface area contributed by atoms with Crippen LogP contribution in [0, 0.1) is 7.43 Å². The van der Waals surface area contributed by atoms with Crippen LogP contribution in [-0.2, 0) is 23.9 Å². The average Bonchev–Trinajstić information content (AvgIpc) is 3.12. The predicted molar refractivity (Wildman–Crippen MR) is 126 cm³/mol. The van der Waals surface area contributed by atoms with Crippen LogP contribution in [-0.4, -0.2) is 120 Å². The Morgan fingerprint density at radius 1 is 0.889 bits per heavy atom. The summed E-state index contributed by atoms with van der Waals surface area (Å²) < 4.78 is 10.1. The number of hydrogen-bond donors (Lipinski definition) is 3. The summed E-state index contributed by atoms with van der Waals surface area (Å²) in [5.41, 5.74) is -2.57. The number of carbonyl (C=O) groups is 5. The van der Waals surface area contributed by atoms with Crippen LogP contribution in [0.1, 0.15) is 61.3 Å². The van der Waals surface area contributed by atoms with Crippen molar-refractivity contribution in [2.45, 2.75) is 90.2 Å². The van der Waals surface area contributed by atoms with Crippen molar-refractivity contribution in [2.24, 2.45) is 0 Å². The van der Waals surface area contributed by atoms with E-state index in [9.17, 15) is 29.1 Å². The number of carboxylic acids is 2. The number of halogens is 1. The maximum atomic E-state index is 11.8. The third-order valence-electron chi connectivity index (χ3n) is 4.49. The number of ether oxygens (including phenoxy) is 2. The molecule has 2 fully saturated rings. The Morgan fingerprint density at radius 3 is 1.64 bits per heavy atom. The van der Waals surface area contributed by atoms with Gasteiger partial charge >= 0.3 is 47.2 Å². The van der Waals surface area contributed by atoms with Crippen molar-refractivity contribution in [3.63, 3.8) is 0 Å². The Bertz CT molecular complexity index is 808. The molecule has 3 atom stereocenters. The van der Waals surface area contributed by atoms with E-state index >= 15 is 0 Å². The van der Waals surface area contributed by atoms with Gasteiger partial charge in [-0.1, -0.05) is 0 Å². The summed E-state index contributed by atoms with van der Waals surface area (Å²) in [7, 11) is 0. The van der Waals surface area contributed by atoms with Gasteiger partial charge < -0.3 is 49.2 Å². The molecule has 2 amide bonds. The Morgan fingerprint density at radius 2 is 1.28 bits per heavy atom. The maximum absolute atomic E-state index is 11.8. The number of ketones is 1. The Kier molecular flexibility index (Phi) is 15.5. The van der Waals surface area contributed by atoms with Crippen molar-refractivity contribution in [3.8, 4) is 0 Å². The molecule has 2 aliphatic heterocycles. The first kappa shape index (κ1) is 38.9. The summed E-state index contributed by atoms with van der Waals surface area (Å²) in [5.74, 6) is -2.58. The number of aliphatic carboxylic acids is 2. The molecular formula is C22H37BrMgN2O10. The van der Waals surface area contributed by atoms with Gasteiger partial charge in [-0.15, -0.1) is 0 Å². The molecule has 0 saturated carbocycles. The quantitative estimate of drug-likeness (QED) is 0.254. The van der Waals surface area contributed by atoms with Crippen molar-refractivity contribution in [1.29, 1.82) is 0 Å². The summed E-state index contributed by atoms with van der Waals surface area (Å²) in [4.78, 5) is 58.4. The van der Waals surface area contributed by atoms with Gasteiger partial charge in [0.25, 0.3) is 0 Å². The zero-order valence-corrected chi connectivity index (χ0v) is 25.2. The van der Waals surface area contributed by atoms with E-state index in [1.807, 2.05) is 0 Å². The second-order valence-electron chi connectivity index (χ2n) is 10.4. The van der Waals surface area contributed by atoms with E-state index in [-0.39, 0.29) is 79.2 Å². The van der Waals surface area contributed by atoms with Crippen molar-refractivity contribution in [3.05, 3.63) is 7.43 Å². The van der Waals surface area contributed by atoms with Gasteiger partial charge in [-0.25, -0.2) is 19.2 Å². The topological polar surface area (TPSA) is 171 Å². The van der Waals surface area contributed by atoms with Crippen LogP contribution in [0.25, 0.3) is 0 Å². The molecule has 0 spiro atoms. The first-order valence-electron chi connectivity index (χ1n) is 10.4. The molecule has 12 nitrogen and oxygen atoms in total. The Labute approximate surface area is 238 Å². The van der Waals surface area contributed by atoms with E-state index in [0.717, 1.165) is 9.80 Å². The summed E-state index contributed by atoms with van der Waals surface area (Å²) in [6.45, 7) is 11.4. The van der Waals surface area contributed by atoms with Crippen molar-refractivity contribution in [1.82, 2.24) is 9.80 Å². The third kappa shape index (κ3) is 12.5. The molecule has 0 radical (unpaired) electrons. The molecule has 0 aromatic heterocycles. The van der Waals surface area contributed by atoms with E-state index in [1.54, 1.807) is 41.5 Å². The fraction of sp³-hybridized carbons (Fsp3) is 0.727. The summed E-state index contributed by atoms with van der Waals surface area (Å²) >= 11 is 0. The van der Waals surface area contributed by atoms with Crippen LogP contribution in [0.4, 0.5) is 9.59 Å².